The third-order valence-electron chi connectivity index (χ3n) is 1.61. The van der Waals surface area contributed by atoms with Crippen LogP contribution in [0.4, 0.5) is 0 Å². The molecule has 1 aliphatic rings. The predicted octanol–water partition coefficient (Wildman–Crippen LogP) is 1.84. The summed E-state index contributed by atoms with van der Waals surface area (Å²) in [6.07, 6.45) is 3.86. The fraction of sp³-hybridized carbons (Fsp3) is 1.00. The zero-order chi connectivity index (χ0) is 9.23. The number of alkyl halides is 1. The minimum Gasteiger partial charge on any atom is -0.399 e. The molecule has 0 aromatic heterocycles. The minimum absolute atomic E-state index is 0.537. The number of rotatable bonds is 4. The first-order valence-electron chi connectivity index (χ1n) is 4.60. The van der Waals surface area contributed by atoms with Gasteiger partial charge in [-0.25, -0.2) is 0 Å². The van der Waals surface area contributed by atoms with E-state index < -0.39 is 10.0 Å². The van der Waals surface area contributed by atoms with Gasteiger partial charge in [0.15, 0.2) is 0 Å². The Labute approximate surface area is 82.6 Å². The molecule has 0 aromatic rings. The molecule has 1 rings (SSSR count). The molecular weight excluding hydrogens is 192 g/mol. The topological polar surface area (TPSA) is 18.5 Å². The molecule has 0 atom stereocenters. The van der Waals surface area contributed by atoms with Crippen LogP contribution in [-0.2, 0) is 8.85 Å². The summed E-state index contributed by atoms with van der Waals surface area (Å²) in [6, 6.07) is 0. The first kappa shape index (κ1) is 12.4. The Bertz CT molecular complexity index is 85.1. The molecule has 0 amide bonds. The number of halogens is 1. The zero-order valence-corrected chi connectivity index (χ0v) is 10.2. The second-order valence-corrected chi connectivity index (χ2v) is 4.30. The first-order chi connectivity index (χ1) is 5.81. The molecule has 0 aromatic carbocycles. The standard InChI is InChI=1S/C4H7Cl.C4H12O2Si/c5-4-2-1-3-4;1-3-5-7-6-4-2/h4H,1-3H2;3-4,7H2,1-2H3. The molecule has 12 heavy (non-hydrogen) atoms. The van der Waals surface area contributed by atoms with E-state index in [1.54, 1.807) is 0 Å². The van der Waals surface area contributed by atoms with Crippen LogP contribution in [0.15, 0.2) is 0 Å². The Morgan fingerprint density at radius 2 is 1.67 bits per heavy atom. The van der Waals surface area contributed by atoms with Gasteiger partial charge in [-0.1, -0.05) is 6.42 Å². The van der Waals surface area contributed by atoms with Crippen molar-refractivity contribution in [3.63, 3.8) is 0 Å². The Kier molecular flexibility index (Phi) is 9.85. The summed E-state index contributed by atoms with van der Waals surface area (Å²) in [4.78, 5) is 0. The van der Waals surface area contributed by atoms with Gasteiger partial charge in [-0.05, 0) is 26.7 Å². The van der Waals surface area contributed by atoms with Crippen molar-refractivity contribution in [2.45, 2.75) is 38.5 Å². The fourth-order valence-corrected chi connectivity index (χ4v) is 1.34. The lowest BCUT2D eigenvalue weighted by Gasteiger charge is -2.16. The lowest BCUT2D eigenvalue weighted by atomic mass is 10.0. The SMILES string of the molecule is CCO[SiH2]OCC.ClC1CCC1. The molecule has 2 nitrogen and oxygen atoms in total. The zero-order valence-electron chi connectivity index (χ0n) is 8.01. The number of hydrogen-bond donors (Lipinski definition) is 0. The molecule has 0 unspecified atom stereocenters. The van der Waals surface area contributed by atoms with Gasteiger partial charge in [0.1, 0.15) is 0 Å². The van der Waals surface area contributed by atoms with Crippen LogP contribution in [0.2, 0.25) is 0 Å². The van der Waals surface area contributed by atoms with Gasteiger partial charge in [0.05, 0.1) is 0 Å². The second kappa shape index (κ2) is 9.51. The maximum Gasteiger partial charge on any atom is 0.304 e. The van der Waals surface area contributed by atoms with E-state index >= 15 is 0 Å². The summed E-state index contributed by atoms with van der Waals surface area (Å²) in [5, 5.41) is 0.537. The van der Waals surface area contributed by atoms with Crippen LogP contribution in [0.25, 0.3) is 0 Å². The van der Waals surface area contributed by atoms with Gasteiger partial charge >= 0.3 is 10.0 Å². The van der Waals surface area contributed by atoms with Crippen molar-refractivity contribution in [1.29, 1.82) is 0 Å². The summed E-state index contributed by atoms with van der Waals surface area (Å²) in [6.45, 7) is 5.55. The van der Waals surface area contributed by atoms with Crippen LogP contribution >= 0.6 is 11.6 Å². The third-order valence-corrected chi connectivity index (χ3v) is 3.20. The van der Waals surface area contributed by atoms with Crippen molar-refractivity contribution in [1.82, 2.24) is 0 Å². The summed E-state index contributed by atoms with van der Waals surface area (Å²) >= 11 is 5.55. The van der Waals surface area contributed by atoms with E-state index in [4.69, 9.17) is 20.5 Å². The van der Waals surface area contributed by atoms with E-state index in [0.29, 0.717) is 5.38 Å². The van der Waals surface area contributed by atoms with Crippen molar-refractivity contribution in [3.05, 3.63) is 0 Å². The summed E-state index contributed by atoms with van der Waals surface area (Å²) in [7, 11) is -0.589. The Hall–Kier alpha value is 0.427. The molecule has 0 saturated heterocycles. The lowest BCUT2D eigenvalue weighted by molar-refractivity contribution is 0.240. The van der Waals surface area contributed by atoms with Crippen molar-refractivity contribution in [2.75, 3.05) is 13.2 Å². The van der Waals surface area contributed by atoms with Crippen LogP contribution in [-0.4, -0.2) is 28.6 Å². The summed E-state index contributed by atoms with van der Waals surface area (Å²) < 4.78 is 9.98. The second-order valence-electron chi connectivity index (χ2n) is 2.63. The molecule has 1 saturated carbocycles. The quantitative estimate of drug-likeness (QED) is 0.401. The molecule has 4 heteroatoms. The van der Waals surface area contributed by atoms with E-state index in [1.165, 1.54) is 19.3 Å². The highest BCUT2D eigenvalue weighted by atomic mass is 35.5. The highest BCUT2D eigenvalue weighted by Gasteiger charge is 2.11. The van der Waals surface area contributed by atoms with Gasteiger partial charge in [-0.2, -0.15) is 0 Å². The van der Waals surface area contributed by atoms with Crippen LogP contribution in [0.3, 0.4) is 0 Å². The molecule has 0 heterocycles. The maximum absolute atomic E-state index is 5.55. The van der Waals surface area contributed by atoms with Crippen LogP contribution < -0.4 is 0 Å². The molecule has 74 valence electrons. The van der Waals surface area contributed by atoms with Gasteiger partial charge in [-0.15, -0.1) is 11.6 Å². The van der Waals surface area contributed by atoms with Gasteiger partial charge in [0.2, 0.25) is 0 Å². The Balaban J connectivity index is 0.000000211. The first-order valence-corrected chi connectivity index (χ1v) is 6.19. The van der Waals surface area contributed by atoms with E-state index in [1.807, 2.05) is 13.8 Å². The molecular formula is C8H19ClO2Si. The van der Waals surface area contributed by atoms with Crippen molar-refractivity contribution in [2.24, 2.45) is 0 Å². The molecule has 0 spiro atoms. The lowest BCUT2D eigenvalue weighted by Crippen LogP contribution is -2.08. The van der Waals surface area contributed by atoms with Crippen molar-refractivity contribution >= 4 is 21.6 Å². The molecule has 0 radical (unpaired) electrons. The molecule has 0 bridgehead atoms. The molecule has 1 fully saturated rings. The third kappa shape index (κ3) is 8.52. The predicted molar refractivity (Wildman–Crippen MR) is 55.3 cm³/mol. The normalized spacial score (nSPS) is 16.2. The van der Waals surface area contributed by atoms with E-state index in [9.17, 15) is 0 Å². The smallest absolute Gasteiger partial charge is 0.304 e. The number of hydrogen-bond acceptors (Lipinski definition) is 2. The average molecular weight is 211 g/mol. The maximum atomic E-state index is 5.55. The van der Waals surface area contributed by atoms with Crippen molar-refractivity contribution in [3.8, 4) is 0 Å². The van der Waals surface area contributed by atoms with Gasteiger partial charge < -0.3 is 8.85 Å². The minimum atomic E-state index is -0.589. The van der Waals surface area contributed by atoms with E-state index in [-0.39, 0.29) is 0 Å². The van der Waals surface area contributed by atoms with Gasteiger partial charge in [-0.3, -0.25) is 0 Å². The van der Waals surface area contributed by atoms with Crippen molar-refractivity contribution < 1.29 is 8.85 Å². The van der Waals surface area contributed by atoms with Crippen LogP contribution in [0, 0.1) is 0 Å². The molecule has 0 N–H and O–H groups in total. The van der Waals surface area contributed by atoms with E-state index in [0.717, 1.165) is 13.2 Å². The Morgan fingerprint density at radius 1 is 1.25 bits per heavy atom. The van der Waals surface area contributed by atoms with E-state index in [2.05, 4.69) is 0 Å². The highest BCUT2D eigenvalue weighted by molar-refractivity contribution is 6.21. The Morgan fingerprint density at radius 3 is 1.83 bits per heavy atom. The van der Waals surface area contributed by atoms with Crippen LogP contribution in [0.5, 0.6) is 0 Å². The molecule has 0 aliphatic heterocycles. The molecule has 1 aliphatic carbocycles. The van der Waals surface area contributed by atoms with Crippen LogP contribution in [0.1, 0.15) is 33.1 Å². The summed E-state index contributed by atoms with van der Waals surface area (Å²) in [5.41, 5.74) is 0. The van der Waals surface area contributed by atoms with Gasteiger partial charge in [0, 0.05) is 18.6 Å². The summed E-state index contributed by atoms with van der Waals surface area (Å²) in [5.74, 6) is 0. The highest BCUT2D eigenvalue weighted by Crippen LogP contribution is 2.23. The van der Waals surface area contributed by atoms with Gasteiger partial charge in [0.25, 0.3) is 0 Å². The fourth-order valence-electron chi connectivity index (χ4n) is 0.584. The monoisotopic (exact) mass is 210 g/mol. The average Bonchev–Trinajstić information content (AvgIpc) is 2.03. The largest absolute Gasteiger partial charge is 0.399 e.